The molecule has 0 radical (unpaired) electrons. The van der Waals surface area contributed by atoms with E-state index in [0.29, 0.717) is 5.56 Å². The van der Waals surface area contributed by atoms with E-state index in [4.69, 9.17) is 4.84 Å². The summed E-state index contributed by atoms with van der Waals surface area (Å²) in [5, 5.41) is 0. The molecule has 2 N–H and O–H groups in total. The van der Waals surface area contributed by atoms with Crippen molar-refractivity contribution in [1.82, 2.24) is 0 Å². The first-order valence-corrected chi connectivity index (χ1v) is 4.18. The van der Waals surface area contributed by atoms with Gasteiger partial charge in [0.15, 0.2) is 12.0 Å². The van der Waals surface area contributed by atoms with Gasteiger partial charge in [0.2, 0.25) is 0 Å². The van der Waals surface area contributed by atoms with Gasteiger partial charge in [0.05, 0.1) is 12.7 Å². The Kier molecular flexibility index (Phi) is 3.40. The van der Waals surface area contributed by atoms with Crippen LogP contribution in [0, 0.1) is 0 Å². The molecule has 0 atom stereocenters. The molecule has 0 fully saturated rings. The van der Waals surface area contributed by atoms with E-state index < -0.39 is 0 Å². The lowest BCUT2D eigenvalue weighted by Gasteiger charge is -2.00. The fraction of sp³-hybridized carbons (Fsp3) is 0.125. The van der Waals surface area contributed by atoms with Crippen molar-refractivity contribution in [2.24, 2.45) is 0 Å². The quantitative estimate of drug-likeness (QED) is 0.479. The van der Waals surface area contributed by atoms with Crippen molar-refractivity contribution in [3.8, 4) is 0 Å². The molecule has 1 aromatic carbocycles. The van der Waals surface area contributed by atoms with Crippen LogP contribution in [-0.4, -0.2) is 13.4 Å². The average Bonchev–Trinajstić information content (AvgIpc) is 2.05. The topological polar surface area (TPSA) is 42.9 Å². The average molecular weight is 231 g/mol. The SMILES string of the molecule is CO[NH2+]c1cccc(Br)c1C=O. The maximum atomic E-state index is 10.6. The fourth-order valence-electron chi connectivity index (χ4n) is 0.908. The van der Waals surface area contributed by atoms with Crippen LogP contribution >= 0.6 is 15.9 Å². The lowest BCUT2D eigenvalue weighted by molar-refractivity contribution is -0.830. The summed E-state index contributed by atoms with van der Waals surface area (Å²) >= 11 is 3.27. The van der Waals surface area contributed by atoms with E-state index in [1.165, 1.54) is 5.48 Å². The standard InChI is InChI=1S/C8H8BrNO2/c1-12-10-8-4-2-3-7(9)6(8)5-11/h2-5,10H,1H3/p+1. The first-order chi connectivity index (χ1) is 5.79. The predicted molar refractivity (Wildman–Crippen MR) is 48.1 cm³/mol. The van der Waals surface area contributed by atoms with Gasteiger partial charge >= 0.3 is 0 Å². The normalized spacial score (nSPS) is 9.83. The zero-order chi connectivity index (χ0) is 8.97. The van der Waals surface area contributed by atoms with Gasteiger partial charge in [-0.05, 0) is 22.0 Å². The van der Waals surface area contributed by atoms with Crippen molar-refractivity contribution < 1.29 is 15.1 Å². The van der Waals surface area contributed by atoms with Gasteiger partial charge in [-0.3, -0.25) is 4.79 Å². The number of hydrogen-bond donors (Lipinski definition) is 1. The number of rotatable bonds is 3. The Balaban J connectivity index is 3.09. The molecule has 0 bridgehead atoms. The Morgan fingerprint density at radius 2 is 2.33 bits per heavy atom. The van der Waals surface area contributed by atoms with Gasteiger partial charge in [-0.25, -0.2) is 4.84 Å². The second kappa shape index (κ2) is 4.35. The Morgan fingerprint density at radius 3 is 2.92 bits per heavy atom. The highest BCUT2D eigenvalue weighted by molar-refractivity contribution is 9.10. The van der Waals surface area contributed by atoms with Crippen LogP contribution in [0.3, 0.4) is 0 Å². The Bertz CT molecular complexity index is 288. The summed E-state index contributed by atoms with van der Waals surface area (Å²) in [4.78, 5) is 15.4. The van der Waals surface area contributed by atoms with Crippen molar-refractivity contribution in [2.75, 3.05) is 7.11 Å². The third-order valence-electron chi connectivity index (χ3n) is 1.45. The molecule has 0 saturated heterocycles. The van der Waals surface area contributed by atoms with Crippen molar-refractivity contribution in [3.05, 3.63) is 28.2 Å². The van der Waals surface area contributed by atoms with E-state index >= 15 is 0 Å². The highest BCUT2D eigenvalue weighted by Gasteiger charge is 2.08. The summed E-state index contributed by atoms with van der Waals surface area (Å²) in [6, 6.07) is 5.48. The molecule has 0 aliphatic rings. The maximum absolute atomic E-state index is 10.6. The minimum absolute atomic E-state index is 0.611. The summed E-state index contributed by atoms with van der Waals surface area (Å²) < 4.78 is 0.781. The highest BCUT2D eigenvalue weighted by atomic mass is 79.9. The Hall–Kier alpha value is -0.710. The van der Waals surface area contributed by atoms with E-state index in [2.05, 4.69) is 15.9 Å². The number of nitrogens with two attached hydrogens (primary N) is 1. The van der Waals surface area contributed by atoms with E-state index in [1.807, 2.05) is 18.2 Å². The molecule has 0 spiro atoms. The van der Waals surface area contributed by atoms with E-state index in [-0.39, 0.29) is 0 Å². The number of carbonyl (C=O) groups excluding carboxylic acids is 1. The van der Waals surface area contributed by atoms with Crippen LogP contribution in [0.5, 0.6) is 0 Å². The summed E-state index contributed by atoms with van der Waals surface area (Å²) in [5.74, 6) is 0. The molecule has 0 unspecified atom stereocenters. The Morgan fingerprint density at radius 1 is 1.58 bits per heavy atom. The molecule has 64 valence electrons. The molecule has 0 amide bonds. The third-order valence-corrected chi connectivity index (χ3v) is 2.14. The predicted octanol–water partition coefficient (Wildman–Crippen LogP) is 1.02. The van der Waals surface area contributed by atoms with Gasteiger partial charge in [-0.2, -0.15) is 5.48 Å². The van der Waals surface area contributed by atoms with Crippen LogP contribution < -0.4 is 5.48 Å². The van der Waals surface area contributed by atoms with Gasteiger partial charge in [-0.1, -0.05) is 6.07 Å². The molecule has 3 nitrogen and oxygen atoms in total. The number of quaternary nitrogens is 1. The molecule has 4 heteroatoms. The minimum Gasteiger partial charge on any atom is -0.298 e. The molecule has 0 aliphatic carbocycles. The van der Waals surface area contributed by atoms with Gasteiger partial charge in [-0.15, -0.1) is 0 Å². The molecular weight excluding hydrogens is 222 g/mol. The maximum Gasteiger partial charge on any atom is 0.173 e. The summed E-state index contributed by atoms with van der Waals surface area (Å²) in [7, 11) is 1.55. The van der Waals surface area contributed by atoms with Crippen LogP contribution in [0.2, 0.25) is 0 Å². The van der Waals surface area contributed by atoms with Crippen LogP contribution in [0.4, 0.5) is 5.69 Å². The lowest BCUT2D eigenvalue weighted by Crippen LogP contribution is -2.76. The van der Waals surface area contributed by atoms with Crippen molar-refractivity contribution in [1.29, 1.82) is 0 Å². The molecule has 12 heavy (non-hydrogen) atoms. The molecule has 0 aliphatic heterocycles. The Labute approximate surface area is 78.8 Å². The second-order valence-corrected chi connectivity index (χ2v) is 3.07. The number of carbonyl (C=O) groups is 1. The molecule has 1 rings (SSSR count). The number of halogens is 1. The first-order valence-electron chi connectivity index (χ1n) is 3.39. The highest BCUT2D eigenvalue weighted by Crippen LogP contribution is 2.19. The summed E-state index contributed by atoms with van der Waals surface area (Å²) in [6.07, 6.45) is 0.801. The number of aldehydes is 1. The van der Waals surface area contributed by atoms with E-state index in [0.717, 1.165) is 16.4 Å². The van der Waals surface area contributed by atoms with Gasteiger partial charge in [0, 0.05) is 10.5 Å². The van der Waals surface area contributed by atoms with Crippen LogP contribution in [0.25, 0.3) is 0 Å². The van der Waals surface area contributed by atoms with Crippen LogP contribution in [0.15, 0.2) is 22.7 Å². The van der Waals surface area contributed by atoms with Gasteiger partial charge in [0.1, 0.15) is 0 Å². The number of benzene rings is 1. The molecule has 0 heterocycles. The molecule has 1 aromatic rings. The van der Waals surface area contributed by atoms with Crippen molar-refractivity contribution in [2.45, 2.75) is 0 Å². The zero-order valence-corrected chi connectivity index (χ0v) is 8.17. The molecular formula is C8H9BrNO2+. The summed E-state index contributed by atoms with van der Waals surface area (Å²) in [5.41, 5.74) is 2.93. The monoisotopic (exact) mass is 230 g/mol. The minimum atomic E-state index is 0.611. The zero-order valence-electron chi connectivity index (χ0n) is 6.58. The third kappa shape index (κ3) is 1.91. The van der Waals surface area contributed by atoms with Crippen molar-refractivity contribution >= 4 is 27.9 Å². The van der Waals surface area contributed by atoms with Gasteiger partial charge < -0.3 is 0 Å². The molecule has 0 saturated carbocycles. The van der Waals surface area contributed by atoms with Crippen LogP contribution in [0.1, 0.15) is 10.4 Å². The van der Waals surface area contributed by atoms with E-state index in [9.17, 15) is 4.79 Å². The molecule has 0 aromatic heterocycles. The fourth-order valence-corrected chi connectivity index (χ4v) is 1.38. The van der Waals surface area contributed by atoms with Gasteiger partial charge in [0.25, 0.3) is 0 Å². The summed E-state index contributed by atoms with van der Waals surface area (Å²) in [6.45, 7) is 0. The second-order valence-electron chi connectivity index (χ2n) is 2.21. The van der Waals surface area contributed by atoms with Crippen molar-refractivity contribution in [3.63, 3.8) is 0 Å². The van der Waals surface area contributed by atoms with E-state index in [1.54, 1.807) is 7.11 Å². The first kappa shape index (κ1) is 9.38. The van der Waals surface area contributed by atoms with Crippen LogP contribution in [-0.2, 0) is 4.84 Å². The lowest BCUT2D eigenvalue weighted by atomic mass is 10.2. The largest absolute Gasteiger partial charge is 0.298 e. The smallest absolute Gasteiger partial charge is 0.173 e. The number of hydrogen-bond acceptors (Lipinski definition) is 2.